The van der Waals surface area contributed by atoms with Gasteiger partial charge in [-0.25, -0.2) is 9.78 Å². The molecule has 0 amide bonds. The number of rotatable bonds is 6. The van der Waals surface area contributed by atoms with E-state index in [0.717, 1.165) is 0 Å². The van der Waals surface area contributed by atoms with Gasteiger partial charge in [0.1, 0.15) is 6.61 Å². The van der Waals surface area contributed by atoms with Gasteiger partial charge in [-0.15, -0.1) is 12.4 Å². The molecule has 0 unspecified atom stereocenters. The summed E-state index contributed by atoms with van der Waals surface area (Å²) in [6.07, 6.45) is 0. The van der Waals surface area contributed by atoms with Gasteiger partial charge in [0, 0.05) is 6.54 Å². The number of aromatic nitrogens is 2. The first kappa shape index (κ1) is 26.6. The van der Waals surface area contributed by atoms with Gasteiger partial charge in [0.25, 0.3) is 10.7 Å². The third kappa shape index (κ3) is 5.46. The lowest BCUT2D eigenvalue weighted by Crippen LogP contribution is -2.28. The van der Waals surface area contributed by atoms with Crippen molar-refractivity contribution in [2.45, 2.75) is 34.3 Å². The molecule has 0 aliphatic carbocycles. The Balaban J connectivity index is 0.00000385. The van der Waals surface area contributed by atoms with Crippen LogP contribution in [0.5, 0.6) is 0 Å². The number of aryl methyl sites for hydroxylation is 2. The molecule has 2 aromatic carbocycles. The summed E-state index contributed by atoms with van der Waals surface area (Å²) in [6.45, 7) is 7.95. The molecule has 33 heavy (non-hydrogen) atoms. The third-order valence-corrected chi connectivity index (χ3v) is 5.49. The van der Waals surface area contributed by atoms with Crippen LogP contribution in [0.2, 0.25) is 5.02 Å². The number of thiocarbonyl (C=S) groups is 1. The molecule has 0 spiro atoms. The summed E-state index contributed by atoms with van der Waals surface area (Å²) in [5.74, 6) is -0.143. The fourth-order valence-electron chi connectivity index (χ4n) is 3.56. The van der Waals surface area contributed by atoms with E-state index in [4.69, 9.17) is 38.3 Å². The minimum Gasteiger partial charge on any atom is -0.463 e. The Morgan fingerprint density at radius 1 is 1.21 bits per heavy atom. The van der Waals surface area contributed by atoms with Crippen LogP contribution in [0.3, 0.4) is 0 Å². The normalized spacial score (nSPS) is 10.5. The van der Waals surface area contributed by atoms with Crippen molar-refractivity contribution in [1.82, 2.24) is 14.9 Å². The van der Waals surface area contributed by atoms with Gasteiger partial charge >= 0.3 is 5.97 Å². The summed E-state index contributed by atoms with van der Waals surface area (Å²) in [5, 5.41) is 3.80. The van der Waals surface area contributed by atoms with E-state index in [2.05, 4.69) is 5.32 Å². The van der Waals surface area contributed by atoms with Gasteiger partial charge in [-0.05, 0) is 69.2 Å². The maximum atomic E-state index is 13.7. The summed E-state index contributed by atoms with van der Waals surface area (Å²) in [4.78, 5) is 31.0. The van der Waals surface area contributed by atoms with Crippen LogP contribution in [0.1, 0.15) is 41.2 Å². The number of nitrogens with zero attached hydrogens (tertiary/aromatic N) is 2. The second kappa shape index (κ2) is 11.4. The Morgan fingerprint density at radius 2 is 1.91 bits per heavy atom. The fraction of sp³-hybridized carbons (Fsp3) is 0.304. The summed E-state index contributed by atoms with van der Waals surface area (Å²) in [6, 6.07) is 8.67. The molecule has 0 atom stereocenters. The Labute approximate surface area is 208 Å². The van der Waals surface area contributed by atoms with E-state index < -0.39 is 5.97 Å². The molecular weight excluding hydrogens is 485 g/mol. The lowest BCUT2D eigenvalue weighted by Gasteiger charge is -2.18. The van der Waals surface area contributed by atoms with Crippen molar-refractivity contribution < 1.29 is 14.3 Å². The van der Waals surface area contributed by atoms with Crippen molar-refractivity contribution in [3.05, 3.63) is 68.2 Å². The third-order valence-electron chi connectivity index (χ3n) is 4.90. The van der Waals surface area contributed by atoms with Crippen LogP contribution < -0.4 is 10.9 Å². The van der Waals surface area contributed by atoms with Crippen LogP contribution in [0.25, 0.3) is 16.6 Å². The minimum absolute atomic E-state index is 0. The highest BCUT2D eigenvalue weighted by Crippen LogP contribution is 2.26. The molecule has 0 saturated carbocycles. The number of hydrogen-bond donors (Lipinski definition) is 1. The molecule has 3 aromatic rings. The lowest BCUT2D eigenvalue weighted by atomic mass is 9.98. The summed E-state index contributed by atoms with van der Waals surface area (Å²) >= 11 is 11.6. The van der Waals surface area contributed by atoms with Gasteiger partial charge in [0.05, 0.1) is 33.8 Å². The smallest absolute Gasteiger partial charge is 0.338 e. The van der Waals surface area contributed by atoms with Gasteiger partial charge in [0.2, 0.25) is 0 Å². The number of ether oxygens (including phenoxy) is 2. The van der Waals surface area contributed by atoms with Crippen molar-refractivity contribution in [3.63, 3.8) is 0 Å². The number of hydrogen-bond acceptors (Lipinski definition) is 6. The summed E-state index contributed by atoms with van der Waals surface area (Å²) < 4.78 is 12.2. The van der Waals surface area contributed by atoms with Crippen LogP contribution in [-0.4, -0.2) is 33.8 Å². The number of nitrogens with one attached hydrogen (secondary N) is 1. The molecule has 0 aliphatic rings. The summed E-state index contributed by atoms with van der Waals surface area (Å²) in [5.41, 5.74) is 2.09. The van der Waals surface area contributed by atoms with Crippen molar-refractivity contribution >= 4 is 58.3 Å². The van der Waals surface area contributed by atoms with E-state index in [1.807, 2.05) is 6.92 Å². The second-order valence-corrected chi connectivity index (χ2v) is 7.81. The molecule has 0 radical (unpaired) electrons. The molecule has 1 N–H and O–H groups in total. The van der Waals surface area contributed by atoms with Crippen LogP contribution in [-0.2, 0) is 16.1 Å². The quantitative estimate of drug-likeness (QED) is 0.381. The highest BCUT2D eigenvalue weighted by atomic mass is 35.5. The van der Waals surface area contributed by atoms with E-state index in [1.165, 1.54) is 4.57 Å². The van der Waals surface area contributed by atoms with Gasteiger partial charge in [0.15, 0.2) is 5.82 Å². The van der Waals surface area contributed by atoms with Gasteiger partial charge in [-0.3, -0.25) is 9.36 Å². The number of esters is 1. The first-order valence-corrected chi connectivity index (χ1v) is 11.0. The zero-order valence-electron chi connectivity index (χ0n) is 18.7. The van der Waals surface area contributed by atoms with Crippen LogP contribution in [0.4, 0.5) is 0 Å². The molecule has 0 fully saturated rings. The predicted octanol–water partition coefficient (Wildman–Crippen LogP) is 4.67. The summed E-state index contributed by atoms with van der Waals surface area (Å²) in [7, 11) is 0. The zero-order valence-corrected chi connectivity index (χ0v) is 21.1. The van der Waals surface area contributed by atoms with E-state index >= 15 is 0 Å². The van der Waals surface area contributed by atoms with Crippen LogP contribution >= 0.6 is 36.2 Å². The standard InChI is InChI=1S/C23H24ClN3O4S.ClH/c1-5-25-23(32)31-12-18-26-16-11-13(3)19(22(29)30-6-2)14(4)20(16)21(28)27(18)17-10-8-7-9-15(17)24;/h7-11H,5-6,12H2,1-4H3,(H,25,32);1H. The van der Waals surface area contributed by atoms with Crippen molar-refractivity contribution in [3.8, 4) is 5.69 Å². The first-order valence-electron chi connectivity index (χ1n) is 10.2. The Morgan fingerprint density at radius 3 is 2.55 bits per heavy atom. The number of carbonyl (C=O) groups excluding carboxylic acids is 1. The van der Waals surface area contributed by atoms with E-state index in [-0.39, 0.29) is 36.4 Å². The molecule has 7 nitrogen and oxygen atoms in total. The number of halogens is 2. The predicted molar refractivity (Wildman–Crippen MR) is 136 cm³/mol. The largest absolute Gasteiger partial charge is 0.463 e. The highest BCUT2D eigenvalue weighted by molar-refractivity contribution is 7.80. The molecule has 3 rings (SSSR count). The second-order valence-electron chi connectivity index (χ2n) is 7.03. The topological polar surface area (TPSA) is 82.5 Å². The van der Waals surface area contributed by atoms with Crippen molar-refractivity contribution in [2.24, 2.45) is 0 Å². The highest BCUT2D eigenvalue weighted by Gasteiger charge is 2.22. The average molecular weight is 510 g/mol. The molecule has 176 valence electrons. The maximum absolute atomic E-state index is 13.7. The Hall–Kier alpha value is -2.68. The number of benzene rings is 2. The van der Waals surface area contributed by atoms with Gasteiger partial charge < -0.3 is 14.8 Å². The van der Waals surface area contributed by atoms with Crippen molar-refractivity contribution in [2.75, 3.05) is 13.2 Å². The number of carbonyl (C=O) groups is 1. The van der Waals surface area contributed by atoms with Crippen LogP contribution in [0.15, 0.2) is 35.1 Å². The minimum atomic E-state index is -0.475. The molecule has 0 bridgehead atoms. The SMILES string of the molecule is CCNC(=S)OCc1nc2cc(C)c(C(=O)OCC)c(C)c2c(=O)n1-c1ccccc1Cl.Cl. The number of fused-ring (bicyclic) bond motifs is 1. The van der Waals surface area contributed by atoms with Crippen molar-refractivity contribution in [1.29, 1.82) is 0 Å². The zero-order chi connectivity index (χ0) is 23.4. The number of para-hydroxylation sites is 1. The lowest BCUT2D eigenvalue weighted by molar-refractivity contribution is 0.0525. The molecule has 0 saturated heterocycles. The Kier molecular flexibility index (Phi) is 9.22. The van der Waals surface area contributed by atoms with E-state index in [0.29, 0.717) is 50.7 Å². The molecule has 0 aliphatic heterocycles. The van der Waals surface area contributed by atoms with E-state index in [9.17, 15) is 9.59 Å². The molecular formula is C23H25Cl2N3O4S. The first-order chi connectivity index (χ1) is 15.3. The van der Waals surface area contributed by atoms with Crippen LogP contribution in [0, 0.1) is 13.8 Å². The monoisotopic (exact) mass is 509 g/mol. The van der Waals surface area contributed by atoms with Gasteiger partial charge in [-0.1, -0.05) is 23.7 Å². The molecule has 1 heterocycles. The average Bonchev–Trinajstić information content (AvgIpc) is 2.73. The van der Waals surface area contributed by atoms with Gasteiger partial charge in [-0.2, -0.15) is 0 Å². The Bertz CT molecular complexity index is 1260. The molecule has 10 heteroatoms. The fourth-order valence-corrected chi connectivity index (χ4v) is 3.98. The molecule has 1 aromatic heterocycles. The van der Waals surface area contributed by atoms with E-state index in [1.54, 1.807) is 51.1 Å². The maximum Gasteiger partial charge on any atom is 0.338 e.